The first-order chi connectivity index (χ1) is 57.5. The van der Waals surface area contributed by atoms with Crippen molar-refractivity contribution in [3.05, 3.63) is 309 Å². The van der Waals surface area contributed by atoms with Crippen LogP contribution in [0.25, 0.3) is 44.5 Å². The van der Waals surface area contributed by atoms with Crippen molar-refractivity contribution in [2.75, 3.05) is 39.6 Å². The first kappa shape index (κ1) is 80.0. The van der Waals surface area contributed by atoms with Gasteiger partial charge in [0.25, 0.3) is 0 Å². The van der Waals surface area contributed by atoms with E-state index in [1.165, 1.54) is 13.8 Å². The van der Waals surface area contributed by atoms with Crippen LogP contribution in [0.3, 0.4) is 0 Å². The molecule has 17 rings (SSSR count). The van der Waals surface area contributed by atoms with E-state index in [1.54, 1.807) is 48.5 Å². The van der Waals surface area contributed by atoms with E-state index in [0.29, 0.717) is 36.8 Å². The molecule has 118 heavy (non-hydrogen) atoms. The molecule has 6 atom stereocenters. The molecule has 0 N–H and O–H groups in total. The van der Waals surface area contributed by atoms with Crippen molar-refractivity contribution in [2.24, 2.45) is 0 Å². The third kappa shape index (κ3) is 16.6. The van der Waals surface area contributed by atoms with Gasteiger partial charge in [0.1, 0.15) is 36.0 Å². The Morgan fingerprint density at radius 2 is 0.602 bits per heavy atom. The van der Waals surface area contributed by atoms with Crippen LogP contribution >= 0.6 is 15.6 Å². The number of carbonyl (C=O) groups is 6. The van der Waals surface area contributed by atoms with Crippen LogP contribution in [-0.2, 0) is 96.7 Å². The molecular weight excluding hydrogens is 1530 g/mol. The van der Waals surface area contributed by atoms with Crippen LogP contribution in [0.4, 0.5) is 0 Å². The van der Waals surface area contributed by atoms with E-state index in [4.69, 9.17) is 55.6 Å². The second-order valence-electron chi connectivity index (χ2n) is 31.2. The van der Waals surface area contributed by atoms with Gasteiger partial charge in [-0.25, -0.2) is 18.7 Å². The third-order valence-electron chi connectivity index (χ3n) is 23.8. The lowest BCUT2D eigenvalue weighted by molar-refractivity contribution is -0.203. The summed E-state index contributed by atoms with van der Waals surface area (Å²) in [6, 6.07) is 76.2. The van der Waals surface area contributed by atoms with E-state index in [2.05, 4.69) is 0 Å². The van der Waals surface area contributed by atoms with E-state index >= 15 is 18.7 Å². The molecule has 10 aromatic carbocycles. The molecule has 22 heteroatoms. The summed E-state index contributed by atoms with van der Waals surface area (Å²) in [6.45, 7) is 1.10. The van der Waals surface area contributed by atoms with Gasteiger partial charge in [-0.1, -0.05) is 237 Å². The monoisotopic (exact) mass is 1620 g/mol. The molecule has 0 radical (unpaired) electrons. The number of carbonyl (C=O) groups excluding carboxylic acids is 6. The van der Waals surface area contributed by atoms with Gasteiger partial charge in [0.15, 0.2) is 18.0 Å². The lowest BCUT2D eigenvalue weighted by Gasteiger charge is -2.46. The maximum Gasteiger partial charge on any atom is 0.475 e. The summed E-state index contributed by atoms with van der Waals surface area (Å²) >= 11 is 0. The number of hydrogen-bond donors (Lipinski definition) is 0. The van der Waals surface area contributed by atoms with Gasteiger partial charge in [0.2, 0.25) is 0 Å². The van der Waals surface area contributed by atoms with Gasteiger partial charge in [-0.3, -0.25) is 36.7 Å². The van der Waals surface area contributed by atoms with Crippen LogP contribution in [0, 0.1) is 0 Å². The topological polar surface area (TPSA) is 247 Å². The van der Waals surface area contributed by atoms with Crippen LogP contribution in [0.15, 0.2) is 243 Å². The molecule has 0 aromatic heterocycles. The molecule has 20 nitrogen and oxygen atoms in total. The maximum atomic E-state index is 17.8. The number of benzene rings is 10. The van der Waals surface area contributed by atoms with Crippen molar-refractivity contribution >= 4 is 51.1 Å². The molecule has 7 aliphatic rings. The zero-order chi connectivity index (χ0) is 81.1. The largest absolute Gasteiger partial charge is 0.475 e. The molecule has 3 fully saturated rings. The van der Waals surface area contributed by atoms with E-state index < -0.39 is 106 Å². The highest BCUT2D eigenvalue weighted by Crippen LogP contribution is 2.63. The summed E-state index contributed by atoms with van der Waals surface area (Å²) in [4.78, 5) is 82.3. The SMILES string of the molecule is CC(=O)CCC(=O)OCCc1ccccc1C(=O)O[C@H]1[C@H]2OC3(CCCCC3)O[C@H]2[C@H](OC(=O)c2ccccc2CCOC(=O)CCC(C)=O)[C@@H](OP(=O)(OCC2c3ccccc3-c3ccccc32)OCC2c3ccccc3-c3ccccc32)[C@@H]1OP(=O)(OCC1c2ccccc2-c2ccccc21)OCC1c2ccccc2-c2ccccc21. The molecule has 1 spiro atoms. The zero-order valence-corrected chi connectivity index (χ0v) is 67.2. The number of esters is 4. The van der Waals surface area contributed by atoms with Gasteiger partial charge >= 0.3 is 39.5 Å². The molecule has 1 heterocycles. The molecule has 1 saturated heterocycles. The first-order valence-electron chi connectivity index (χ1n) is 40.6. The Hall–Kier alpha value is -10.4. The van der Waals surface area contributed by atoms with Crippen molar-refractivity contribution < 1.29 is 93.5 Å². The fraction of sp³-hybridized carbons (Fsp3) is 0.312. The van der Waals surface area contributed by atoms with E-state index in [-0.39, 0.29) is 101 Å². The molecule has 0 amide bonds. The van der Waals surface area contributed by atoms with Crippen molar-refractivity contribution in [2.45, 2.75) is 151 Å². The molecule has 6 aliphatic carbocycles. The number of hydrogen-bond acceptors (Lipinski definition) is 20. The number of rotatable bonds is 32. The van der Waals surface area contributed by atoms with Crippen LogP contribution in [0.1, 0.15) is 172 Å². The molecule has 1 aliphatic heterocycles. The Labute approximate surface area is 684 Å². The zero-order valence-electron chi connectivity index (χ0n) is 65.4. The lowest BCUT2D eigenvalue weighted by Crippen LogP contribution is -2.65. The molecule has 0 bridgehead atoms. The number of fused-ring (bicyclic) bond motifs is 13. The Morgan fingerprint density at radius 1 is 0.339 bits per heavy atom. The Balaban J connectivity index is 0.840. The van der Waals surface area contributed by atoms with Crippen LogP contribution in [-0.4, -0.2) is 117 Å². The highest BCUT2D eigenvalue weighted by Gasteiger charge is 2.67. The number of phosphoric ester groups is 2. The maximum absolute atomic E-state index is 17.8. The fourth-order valence-corrected chi connectivity index (χ4v) is 21.0. The molecule has 0 unspecified atom stereocenters. The van der Waals surface area contributed by atoms with Crippen LogP contribution in [0.5, 0.6) is 0 Å². The Kier molecular flexibility index (Phi) is 23.6. The van der Waals surface area contributed by atoms with Crippen molar-refractivity contribution in [3.8, 4) is 44.5 Å². The summed E-state index contributed by atoms with van der Waals surface area (Å²) in [6.07, 6.45) is -8.72. The minimum Gasteiger partial charge on any atom is -0.465 e. The van der Waals surface area contributed by atoms with Crippen LogP contribution in [0.2, 0.25) is 0 Å². The van der Waals surface area contributed by atoms with E-state index in [9.17, 15) is 19.2 Å². The highest BCUT2D eigenvalue weighted by molar-refractivity contribution is 7.48. The Morgan fingerprint density at radius 3 is 0.881 bits per heavy atom. The standard InChI is InChI=1S/C96H90O20P2/c1-60(97)46-48-86(99)105-54-50-62-26-4-6-28-64(62)94(101)111-88-90-91(114-96(113-90)52-24-3-25-53-96)89(112-95(102)65-29-7-5-27-63(65)51-55-106-87(100)49-47-61(2)98)93(116-118(104,109-58-84-78-42-20-12-34-70(78)71-35-13-21-43-79(71)84)110-59-85-80-44-22-14-36-72(80)73-37-15-23-45-81(73)85)92(88)115-117(103,107-56-82-74-38-16-8-30-66(74)67-31-9-17-39-75(67)82)108-57-83-76-40-18-10-32-68(76)69-33-11-19-41-77(69)83/h4-23,26-45,82-85,88-93H,3,24-25,46-59H2,1-2H3/t88-,89-,90-,91+,92+,93+/m0/s1. The van der Waals surface area contributed by atoms with Crippen molar-refractivity contribution in [3.63, 3.8) is 0 Å². The molecule has 10 aromatic rings. The Bertz CT molecular complexity index is 4860. The second-order valence-corrected chi connectivity index (χ2v) is 34.4. The minimum atomic E-state index is -5.40. The summed E-state index contributed by atoms with van der Waals surface area (Å²) in [5.74, 6) is -7.29. The smallest absolute Gasteiger partial charge is 0.465 e. The summed E-state index contributed by atoms with van der Waals surface area (Å²) in [5.41, 5.74) is 15.2. The molecule has 604 valence electrons. The quantitative estimate of drug-likeness (QED) is 0.0216. The lowest BCUT2D eigenvalue weighted by atomic mass is 9.84. The summed E-state index contributed by atoms with van der Waals surface area (Å²) < 4.78 is 119. The number of ether oxygens (including phenoxy) is 6. The van der Waals surface area contributed by atoms with Gasteiger partial charge in [-0.05, 0) is 139 Å². The van der Waals surface area contributed by atoms with Crippen molar-refractivity contribution in [1.29, 1.82) is 0 Å². The van der Waals surface area contributed by atoms with Crippen molar-refractivity contribution in [1.82, 2.24) is 0 Å². The third-order valence-corrected chi connectivity index (χ3v) is 26.7. The average Bonchev–Trinajstić information content (AvgIpc) is 1.54. The van der Waals surface area contributed by atoms with Gasteiger partial charge in [0.05, 0.1) is 63.6 Å². The molecular formula is C96H90O20P2. The van der Waals surface area contributed by atoms with E-state index in [0.717, 1.165) is 95.4 Å². The normalized spacial score (nSPS) is 19.3. The van der Waals surface area contributed by atoms with Gasteiger partial charge in [-0.2, -0.15) is 0 Å². The summed E-state index contributed by atoms with van der Waals surface area (Å²) in [5, 5.41) is 0. The number of phosphoric acid groups is 2. The van der Waals surface area contributed by atoms with Gasteiger partial charge in [-0.15, -0.1) is 0 Å². The number of ketones is 2. The van der Waals surface area contributed by atoms with Crippen LogP contribution < -0.4 is 0 Å². The average molecular weight is 1630 g/mol. The number of Topliss-reactive ketones (excluding diaryl/α,β-unsaturated/α-hetero) is 2. The predicted molar refractivity (Wildman–Crippen MR) is 440 cm³/mol. The van der Waals surface area contributed by atoms with Gasteiger partial charge < -0.3 is 38.0 Å². The van der Waals surface area contributed by atoms with E-state index in [1.807, 2.05) is 194 Å². The fourth-order valence-electron chi connectivity index (χ4n) is 18.2. The molecule has 2 saturated carbocycles. The minimum absolute atomic E-state index is 0.00542. The first-order valence-corrected chi connectivity index (χ1v) is 43.5. The second kappa shape index (κ2) is 34.9. The predicted octanol–water partition coefficient (Wildman–Crippen LogP) is 19.1. The summed E-state index contributed by atoms with van der Waals surface area (Å²) in [7, 11) is -10.8. The van der Waals surface area contributed by atoms with Gasteiger partial charge in [0, 0.05) is 62.2 Å². The highest BCUT2D eigenvalue weighted by atomic mass is 31.2.